The summed E-state index contributed by atoms with van der Waals surface area (Å²) in [5.74, 6) is 0.142. The molecule has 0 fully saturated rings. The molecule has 1 amide bonds. The average Bonchev–Trinajstić information content (AvgIpc) is 2.42. The van der Waals surface area contributed by atoms with Gasteiger partial charge in [0.15, 0.2) is 0 Å². The average molecular weight is 295 g/mol. The second kappa shape index (κ2) is 8.62. The highest BCUT2D eigenvalue weighted by molar-refractivity contribution is 5.81. The predicted octanol–water partition coefficient (Wildman–Crippen LogP) is 2.14. The molecule has 0 unspecified atom stereocenters. The van der Waals surface area contributed by atoms with E-state index in [2.05, 4.69) is 24.5 Å². The van der Waals surface area contributed by atoms with Crippen LogP contribution in [0, 0.1) is 11.7 Å². The summed E-state index contributed by atoms with van der Waals surface area (Å²) in [7, 11) is 1.84. The maximum atomic E-state index is 13.4. The van der Waals surface area contributed by atoms with Gasteiger partial charge in [0, 0.05) is 25.8 Å². The van der Waals surface area contributed by atoms with E-state index in [1.54, 1.807) is 6.07 Å². The van der Waals surface area contributed by atoms with Gasteiger partial charge in [-0.25, -0.2) is 4.39 Å². The molecular weight excluding hydrogens is 269 g/mol. The number of rotatable bonds is 8. The van der Waals surface area contributed by atoms with Gasteiger partial charge in [-0.05, 0) is 36.2 Å². The van der Waals surface area contributed by atoms with Gasteiger partial charge in [-0.3, -0.25) is 4.79 Å². The van der Waals surface area contributed by atoms with E-state index in [9.17, 15) is 9.18 Å². The van der Waals surface area contributed by atoms with Crippen LogP contribution in [-0.2, 0) is 11.3 Å². The summed E-state index contributed by atoms with van der Waals surface area (Å²) < 4.78 is 13.4. The maximum Gasteiger partial charge on any atom is 0.239 e. The van der Waals surface area contributed by atoms with Crippen molar-refractivity contribution < 1.29 is 9.18 Å². The van der Waals surface area contributed by atoms with Gasteiger partial charge in [0.2, 0.25) is 5.91 Å². The van der Waals surface area contributed by atoms with Crippen molar-refractivity contribution in [2.45, 2.75) is 27.3 Å². The van der Waals surface area contributed by atoms with Crippen LogP contribution < -0.4 is 15.5 Å². The Bertz CT molecular complexity index is 463. The molecule has 0 aliphatic carbocycles. The topological polar surface area (TPSA) is 44.4 Å². The molecule has 0 bridgehead atoms. The molecule has 5 heteroatoms. The Labute approximate surface area is 126 Å². The number of likely N-dealkylation sites (N-methyl/N-ethyl adjacent to an activating group) is 1. The lowest BCUT2D eigenvalue weighted by Crippen LogP contribution is -2.37. The van der Waals surface area contributed by atoms with E-state index < -0.39 is 0 Å². The number of benzene rings is 1. The molecule has 0 spiro atoms. The zero-order chi connectivity index (χ0) is 15.8. The van der Waals surface area contributed by atoms with Crippen molar-refractivity contribution in [3.05, 3.63) is 29.6 Å². The number of nitrogens with one attached hydrogen (secondary N) is 2. The van der Waals surface area contributed by atoms with E-state index in [4.69, 9.17) is 0 Å². The Morgan fingerprint density at radius 1 is 1.38 bits per heavy atom. The van der Waals surface area contributed by atoms with Crippen molar-refractivity contribution in [3.8, 4) is 0 Å². The van der Waals surface area contributed by atoms with Gasteiger partial charge < -0.3 is 15.5 Å². The van der Waals surface area contributed by atoms with Gasteiger partial charge >= 0.3 is 0 Å². The molecule has 21 heavy (non-hydrogen) atoms. The molecule has 0 aliphatic rings. The third-order valence-corrected chi connectivity index (χ3v) is 3.11. The van der Waals surface area contributed by atoms with E-state index in [1.807, 2.05) is 18.9 Å². The molecule has 0 saturated carbocycles. The smallest absolute Gasteiger partial charge is 0.239 e. The van der Waals surface area contributed by atoms with Crippen molar-refractivity contribution in [2.75, 3.05) is 31.6 Å². The van der Waals surface area contributed by atoms with Crippen LogP contribution in [0.4, 0.5) is 10.1 Å². The van der Waals surface area contributed by atoms with Crippen LogP contribution in [0.3, 0.4) is 0 Å². The van der Waals surface area contributed by atoms with Gasteiger partial charge in [0.25, 0.3) is 0 Å². The first kappa shape index (κ1) is 17.4. The molecule has 0 atom stereocenters. The predicted molar refractivity (Wildman–Crippen MR) is 84.9 cm³/mol. The number of amides is 1. The second-order valence-electron chi connectivity index (χ2n) is 5.61. The van der Waals surface area contributed by atoms with Crippen LogP contribution in [0.5, 0.6) is 0 Å². The second-order valence-corrected chi connectivity index (χ2v) is 5.61. The first-order valence-electron chi connectivity index (χ1n) is 7.41. The largest absolute Gasteiger partial charge is 0.365 e. The molecule has 0 heterocycles. The zero-order valence-electron chi connectivity index (χ0n) is 13.4. The first-order chi connectivity index (χ1) is 9.93. The van der Waals surface area contributed by atoms with E-state index >= 15 is 0 Å². The maximum absolute atomic E-state index is 13.4. The Morgan fingerprint density at radius 3 is 2.71 bits per heavy atom. The standard InChI is InChI=1S/C16H26FN3O/c1-5-18-10-13-8-14(17)6-7-15(13)20(4)11-16(21)19-9-12(2)3/h6-8,12,18H,5,9-11H2,1-4H3,(H,19,21). The summed E-state index contributed by atoms with van der Waals surface area (Å²) in [6, 6.07) is 4.66. The van der Waals surface area contributed by atoms with Crippen LogP contribution in [0.2, 0.25) is 0 Å². The summed E-state index contributed by atoms with van der Waals surface area (Å²) in [6.45, 7) is 8.44. The first-order valence-corrected chi connectivity index (χ1v) is 7.41. The fraction of sp³-hybridized carbons (Fsp3) is 0.562. The lowest BCUT2D eigenvalue weighted by atomic mass is 10.1. The number of carbonyl (C=O) groups is 1. The number of anilines is 1. The normalized spacial score (nSPS) is 10.8. The Balaban J connectivity index is 2.72. The molecule has 1 aromatic rings. The lowest BCUT2D eigenvalue weighted by molar-refractivity contribution is -0.119. The van der Waals surface area contributed by atoms with Crippen LogP contribution in [0.25, 0.3) is 0 Å². The monoisotopic (exact) mass is 295 g/mol. The van der Waals surface area contributed by atoms with E-state index in [0.717, 1.165) is 17.8 Å². The molecule has 1 aromatic carbocycles. The zero-order valence-corrected chi connectivity index (χ0v) is 13.4. The van der Waals surface area contributed by atoms with Crippen molar-refractivity contribution in [2.24, 2.45) is 5.92 Å². The fourth-order valence-corrected chi connectivity index (χ4v) is 2.00. The lowest BCUT2D eigenvalue weighted by Gasteiger charge is -2.22. The van der Waals surface area contributed by atoms with E-state index in [-0.39, 0.29) is 18.3 Å². The molecule has 1 rings (SSSR count). The minimum Gasteiger partial charge on any atom is -0.365 e. The summed E-state index contributed by atoms with van der Waals surface area (Å²) in [4.78, 5) is 13.7. The quantitative estimate of drug-likeness (QED) is 0.772. The highest BCUT2D eigenvalue weighted by Crippen LogP contribution is 2.20. The van der Waals surface area contributed by atoms with Crippen molar-refractivity contribution >= 4 is 11.6 Å². The Kier molecular flexibility index (Phi) is 7.15. The minimum atomic E-state index is -0.260. The number of halogens is 1. The summed E-state index contributed by atoms with van der Waals surface area (Å²) in [5, 5.41) is 6.07. The molecule has 0 radical (unpaired) electrons. The van der Waals surface area contributed by atoms with Crippen molar-refractivity contribution in [1.29, 1.82) is 0 Å². The SMILES string of the molecule is CCNCc1cc(F)ccc1N(C)CC(=O)NCC(C)C. The number of carbonyl (C=O) groups excluding carboxylic acids is 1. The summed E-state index contributed by atoms with van der Waals surface area (Å²) in [5.41, 5.74) is 1.73. The minimum absolute atomic E-state index is 0.0232. The van der Waals surface area contributed by atoms with Gasteiger partial charge in [0.05, 0.1) is 6.54 Å². The van der Waals surface area contributed by atoms with Crippen LogP contribution in [-0.4, -0.2) is 32.6 Å². The van der Waals surface area contributed by atoms with Gasteiger partial charge in [-0.1, -0.05) is 20.8 Å². The van der Waals surface area contributed by atoms with E-state index in [0.29, 0.717) is 19.0 Å². The van der Waals surface area contributed by atoms with E-state index in [1.165, 1.54) is 12.1 Å². The van der Waals surface area contributed by atoms with Gasteiger partial charge in [-0.2, -0.15) is 0 Å². The van der Waals surface area contributed by atoms with Gasteiger partial charge in [-0.15, -0.1) is 0 Å². The molecule has 118 valence electrons. The third-order valence-electron chi connectivity index (χ3n) is 3.11. The summed E-state index contributed by atoms with van der Waals surface area (Å²) >= 11 is 0. The van der Waals surface area contributed by atoms with Crippen LogP contribution in [0.1, 0.15) is 26.3 Å². The third kappa shape index (κ3) is 6.12. The van der Waals surface area contributed by atoms with Crippen molar-refractivity contribution in [3.63, 3.8) is 0 Å². The summed E-state index contributed by atoms with van der Waals surface area (Å²) in [6.07, 6.45) is 0. The number of nitrogens with zero attached hydrogens (tertiary/aromatic N) is 1. The molecule has 4 nitrogen and oxygen atoms in total. The van der Waals surface area contributed by atoms with Crippen LogP contribution >= 0.6 is 0 Å². The Morgan fingerprint density at radius 2 is 2.10 bits per heavy atom. The highest BCUT2D eigenvalue weighted by atomic mass is 19.1. The van der Waals surface area contributed by atoms with Gasteiger partial charge in [0.1, 0.15) is 5.82 Å². The molecule has 0 aromatic heterocycles. The molecule has 0 aliphatic heterocycles. The molecular formula is C16H26FN3O. The Hall–Kier alpha value is -1.62. The molecule has 0 saturated heterocycles. The number of hydrogen-bond donors (Lipinski definition) is 2. The number of hydrogen-bond acceptors (Lipinski definition) is 3. The van der Waals surface area contributed by atoms with Crippen LogP contribution in [0.15, 0.2) is 18.2 Å². The van der Waals surface area contributed by atoms with Crippen molar-refractivity contribution in [1.82, 2.24) is 10.6 Å². The highest BCUT2D eigenvalue weighted by Gasteiger charge is 2.12. The fourth-order valence-electron chi connectivity index (χ4n) is 2.00. The molecule has 2 N–H and O–H groups in total.